The highest BCUT2D eigenvalue weighted by Gasteiger charge is 2.58. The van der Waals surface area contributed by atoms with E-state index in [0.717, 1.165) is 0 Å². The number of benzene rings is 3. The van der Waals surface area contributed by atoms with E-state index in [-0.39, 0.29) is 36.0 Å². The van der Waals surface area contributed by atoms with Gasteiger partial charge in [-0.2, -0.15) is 26.3 Å². The smallest absolute Gasteiger partial charge is 0.392 e. The summed E-state index contributed by atoms with van der Waals surface area (Å²) < 4.78 is 172. The second-order valence-corrected chi connectivity index (χ2v) is 16.0. The van der Waals surface area contributed by atoms with E-state index in [4.69, 9.17) is 0 Å². The van der Waals surface area contributed by atoms with Crippen molar-refractivity contribution in [2.75, 3.05) is 0 Å². The van der Waals surface area contributed by atoms with Gasteiger partial charge < -0.3 is 15.3 Å². The maximum atomic E-state index is 16.6. The van der Waals surface area contributed by atoms with Crippen molar-refractivity contribution in [3.8, 4) is 0 Å². The first-order valence-corrected chi connectivity index (χ1v) is 21.1. The number of hydrogen-bond donors (Lipinski definition) is 3. The van der Waals surface area contributed by atoms with E-state index in [2.05, 4.69) is 61.4 Å². The van der Waals surface area contributed by atoms with Gasteiger partial charge in [-0.3, -0.25) is 0 Å². The summed E-state index contributed by atoms with van der Waals surface area (Å²) in [5.41, 5.74) is -9.26. The minimum Gasteiger partial charge on any atom is -0.392 e. The highest BCUT2D eigenvalue weighted by molar-refractivity contribution is 9.11. The van der Waals surface area contributed by atoms with Gasteiger partial charge in [0.15, 0.2) is 0 Å². The Hall–Kier alpha value is -1.54. The summed E-state index contributed by atoms with van der Waals surface area (Å²) in [4.78, 5) is 0. The second kappa shape index (κ2) is 18.8. The Morgan fingerprint density at radius 3 is 0.804 bits per heavy atom. The van der Waals surface area contributed by atoms with Gasteiger partial charge in [-0.25, -0.2) is 31.3 Å². The normalized spacial score (nSPS) is 12.9. The van der Waals surface area contributed by atoms with Crippen LogP contribution < -0.4 is 0 Å². The highest BCUT2D eigenvalue weighted by Crippen LogP contribution is 2.66. The third kappa shape index (κ3) is 8.97. The van der Waals surface area contributed by atoms with Crippen LogP contribution in [0.15, 0.2) is 13.4 Å². The van der Waals surface area contributed by atoms with Crippen LogP contribution in [0.4, 0.5) is 39.5 Å². The minimum absolute atomic E-state index is 0.215. The lowest BCUT2D eigenvalue weighted by atomic mass is 9.94. The molecule has 20 heteroatoms. The Morgan fingerprint density at radius 2 is 0.643 bits per heavy atom. The summed E-state index contributed by atoms with van der Waals surface area (Å²) >= 11 is 8.66. The monoisotopic (exact) mass is 1020 g/mol. The number of aliphatic hydroxyl groups is 3. The van der Waals surface area contributed by atoms with E-state index in [9.17, 15) is 19.9 Å². The molecule has 0 atom stereocenters. The molecule has 0 saturated carbocycles. The Balaban J connectivity index is 2.48. The Morgan fingerprint density at radius 1 is 0.446 bits per heavy atom. The lowest BCUT2D eigenvalue weighted by molar-refractivity contribution is -0.269. The Labute approximate surface area is 342 Å². The fraction of sp³-hybridized carbons (Fsp3) is 0.500. The number of halogens is 12. The molecule has 0 saturated heterocycles. The van der Waals surface area contributed by atoms with Crippen LogP contribution >= 0.6 is 55.6 Å². The summed E-state index contributed by atoms with van der Waals surface area (Å²) in [6.45, 7) is 4.78. The molecule has 0 fully saturated rings. The van der Waals surface area contributed by atoms with Gasteiger partial charge in [-0.05, 0) is 103 Å². The maximum absolute atomic E-state index is 16.6. The molecule has 314 valence electrons. The van der Waals surface area contributed by atoms with Crippen LogP contribution in [0.25, 0.3) is 0 Å². The number of phosphoric acid groups is 1. The Kier molecular flexibility index (Phi) is 16.4. The zero-order valence-corrected chi connectivity index (χ0v) is 36.5. The number of aliphatic hydroxyl groups excluding tert-OH is 3. The minimum atomic E-state index is -7.23. The van der Waals surface area contributed by atoms with Crippen molar-refractivity contribution in [1.29, 1.82) is 0 Å². The van der Waals surface area contributed by atoms with Gasteiger partial charge in [-0.15, -0.1) is 0 Å². The van der Waals surface area contributed by atoms with Crippen molar-refractivity contribution in [3.05, 3.63) is 97.6 Å². The van der Waals surface area contributed by atoms with Crippen molar-refractivity contribution in [3.63, 3.8) is 0 Å². The molecule has 3 aromatic carbocycles. The lowest BCUT2D eigenvalue weighted by Crippen LogP contribution is -2.30. The van der Waals surface area contributed by atoms with Gasteiger partial charge in [0, 0.05) is 46.8 Å². The number of hydrogen-bond acceptors (Lipinski definition) is 7. The molecular weight excluding hydrogens is 986 g/mol. The topological polar surface area (TPSA) is 105 Å². The van der Waals surface area contributed by atoms with Crippen LogP contribution in [0.2, 0.25) is 0 Å². The number of rotatable bonds is 18. The second-order valence-electron chi connectivity index (χ2n) is 12.2. The SMILES string of the molecule is CCc1c(Br)c(C(F)(F)OP(=O)(OC(F)(F)c2c(Br)c(CC)c(CO)c(F)c2CC)OC(F)(F)c2c(Br)c(CC)c(CO)c(F)c2CC)c(CC)c(F)c1CO. The van der Waals surface area contributed by atoms with E-state index in [1.807, 2.05) is 0 Å². The predicted molar refractivity (Wildman–Crippen MR) is 199 cm³/mol. The van der Waals surface area contributed by atoms with Crippen LogP contribution in [0.1, 0.15) is 108 Å². The molecule has 0 unspecified atom stereocenters. The highest BCUT2D eigenvalue weighted by atomic mass is 79.9. The third-order valence-corrected chi connectivity index (χ3v) is 13.2. The summed E-state index contributed by atoms with van der Waals surface area (Å²) in [7, 11) is -7.23. The lowest BCUT2D eigenvalue weighted by Gasteiger charge is -2.33. The van der Waals surface area contributed by atoms with Gasteiger partial charge in [0.1, 0.15) is 17.5 Å². The van der Waals surface area contributed by atoms with Crippen LogP contribution in [-0.4, -0.2) is 15.3 Å². The fourth-order valence-corrected chi connectivity index (χ4v) is 10.8. The molecule has 0 amide bonds. The van der Waals surface area contributed by atoms with Crippen LogP contribution in [-0.2, 0) is 94.8 Å². The summed E-state index contributed by atoms with van der Waals surface area (Å²) in [6.07, 6.45) is -18.2. The Bertz CT molecular complexity index is 1790. The maximum Gasteiger partial charge on any atom is 0.489 e. The van der Waals surface area contributed by atoms with E-state index in [1.165, 1.54) is 41.5 Å². The molecule has 0 aliphatic heterocycles. The number of alkyl halides is 6. The van der Waals surface area contributed by atoms with Crippen molar-refractivity contribution in [1.82, 2.24) is 0 Å². The molecule has 0 bridgehead atoms. The van der Waals surface area contributed by atoms with Gasteiger partial charge >= 0.3 is 26.1 Å². The van der Waals surface area contributed by atoms with Crippen molar-refractivity contribution in [2.45, 2.75) is 118 Å². The molecule has 56 heavy (non-hydrogen) atoms. The van der Waals surface area contributed by atoms with Gasteiger partial charge in [-0.1, -0.05) is 41.5 Å². The molecule has 7 nitrogen and oxygen atoms in total. The van der Waals surface area contributed by atoms with Crippen LogP contribution in [0, 0.1) is 17.5 Å². The molecule has 3 N–H and O–H groups in total. The summed E-state index contributed by atoms with van der Waals surface area (Å²) in [5, 5.41) is 29.5. The first-order chi connectivity index (χ1) is 26.0. The molecule has 0 spiro atoms. The zero-order valence-electron chi connectivity index (χ0n) is 30.8. The van der Waals surface area contributed by atoms with Crippen LogP contribution in [0.5, 0.6) is 0 Å². The summed E-state index contributed by atoms with van der Waals surface area (Å²) in [6, 6.07) is 0. The third-order valence-electron chi connectivity index (χ3n) is 9.19. The molecule has 0 radical (unpaired) electrons. The van der Waals surface area contributed by atoms with E-state index in [0.29, 0.717) is 0 Å². The quantitative estimate of drug-likeness (QED) is 0.0861. The van der Waals surface area contributed by atoms with Crippen molar-refractivity contribution >= 4 is 55.6 Å². The van der Waals surface area contributed by atoms with Gasteiger partial charge in [0.25, 0.3) is 0 Å². The molecule has 0 aliphatic rings. The van der Waals surface area contributed by atoms with Crippen molar-refractivity contribution < 1.29 is 73.0 Å². The molecule has 3 rings (SSSR count). The summed E-state index contributed by atoms with van der Waals surface area (Å²) in [5.74, 6) is -4.15. The molecule has 0 aromatic heterocycles. The molecule has 0 aliphatic carbocycles. The zero-order chi connectivity index (χ0) is 42.9. The van der Waals surface area contributed by atoms with Crippen LogP contribution in [0.3, 0.4) is 0 Å². The average Bonchev–Trinajstić information content (AvgIpc) is 3.11. The molecular formula is C36H39Br3F9O7P. The predicted octanol–water partition coefficient (Wildman–Crippen LogP) is 11.9. The first kappa shape index (κ1) is 48.8. The molecule has 0 heterocycles. The average molecular weight is 1030 g/mol. The van der Waals surface area contributed by atoms with Crippen molar-refractivity contribution in [2.24, 2.45) is 0 Å². The van der Waals surface area contributed by atoms with Gasteiger partial charge in [0.2, 0.25) is 0 Å². The van der Waals surface area contributed by atoms with Gasteiger partial charge in [0.05, 0.1) is 36.5 Å². The first-order valence-electron chi connectivity index (χ1n) is 17.2. The molecule has 3 aromatic rings. The standard InChI is InChI=1S/C36H39Br3F9O7P/c1-7-16-22(13-49)31(40)19(10-4)25(28(16)37)34(43,44)53-56(52,54-35(45,46)26-20(11-5)32(41)23(14-50)17(8-2)29(26)38)55-36(47,48)27-21(12-6)33(42)24(15-51)18(9-3)30(27)39/h49-51H,7-15H2,1-6H3. The number of phosphoric ester groups is 1. The van der Waals surface area contributed by atoms with E-state index >= 15 is 39.5 Å². The van der Waals surface area contributed by atoms with E-state index in [1.54, 1.807) is 0 Å². The largest absolute Gasteiger partial charge is 0.489 e. The van der Waals surface area contributed by atoms with E-state index < -0.39 is 146 Å². The fourth-order valence-electron chi connectivity index (χ4n) is 6.64.